The number of nitrogens with zero attached hydrogens (tertiary/aromatic N) is 2. The summed E-state index contributed by atoms with van der Waals surface area (Å²) in [6.07, 6.45) is 0. The van der Waals surface area contributed by atoms with Gasteiger partial charge in [0.2, 0.25) is 0 Å². The summed E-state index contributed by atoms with van der Waals surface area (Å²) in [6.45, 7) is 1.59. The molecule has 0 aliphatic carbocycles. The third-order valence-corrected chi connectivity index (χ3v) is 3.64. The van der Waals surface area contributed by atoms with Crippen LogP contribution in [0.5, 0.6) is 0 Å². The van der Waals surface area contributed by atoms with Gasteiger partial charge in [0.15, 0.2) is 0 Å². The van der Waals surface area contributed by atoms with Gasteiger partial charge in [-0.05, 0) is 19.1 Å². The number of aromatic amines is 1. The largest absolute Gasteiger partial charge is 0.320 e. The highest BCUT2D eigenvalue weighted by Gasteiger charge is 2.17. The van der Waals surface area contributed by atoms with E-state index >= 15 is 0 Å². The van der Waals surface area contributed by atoms with Gasteiger partial charge in [-0.15, -0.1) is 0 Å². The van der Waals surface area contributed by atoms with Crippen LogP contribution in [0, 0.1) is 17.0 Å². The Hall–Kier alpha value is -3.48. The fourth-order valence-electron chi connectivity index (χ4n) is 2.34. The Kier molecular flexibility index (Phi) is 4.07. The van der Waals surface area contributed by atoms with E-state index in [1.54, 1.807) is 19.1 Å². The Bertz CT molecular complexity index is 903. The van der Waals surface area contributed by atoms with Crippen molar-refractivity contribution in [3.8, 4) is 11.3 Å². The van der Waals surface area contributed by atoms with Gasteiger partial charge < -0.3 is 5.32 Å². The first-order chi connectivity index (χ1) is 11.6. The normalized spacial score (nSPS) is 10.4. The molecule has 3 aromatic rings. The van der Waals surface area contributed by atoms with E-state index < -0.39 is 10.8 Å². The lowest BCUT2D eigenvalue weighted by atomic mass is 10.1. The summed E-state index contributed by atoms with van der Waals surface area (Å²) in [5, 5.41) is 20.4. The molecule has 120 valence electrons. The van der Waals surface area contributed by atoms with Crippen molar-refractivity contribution in [2.24, 2.45) is 0 Å². The Labute approximate surface area is 137 Å². The average Bonchev–Trinajstić information content (AvgIpc) is 3.07. The van der Waals surface area contributed by atoms with Crippen molar-refractivity contribution in [2.75, 3.05) is 5.32 Å². The fourth-order valence-corrected chi connectivity index (χ4v) is 2.34. The second kappa shape index (κ2) is 6.33. The van der Waals surface area contributed by atoms with Crippen molar-refractivity contribution in [3.05, 3.63) is 76.0 Å². The number of nitro benzene ring substituents is 1. The molecule has 7 heteroatoms. The Morgan fingerprint density at radius 1 is 1.17 bits per heavy atom. The number of benzene rings is 2. The number of aromatic nitrogens is 2. The molecular formula is C17H14N4O3. The number of rotatable bonds is 4. The van der Waals surface area contributed by atoms with Gasteiger partial charge in [-0.25, -0.2) is 0 Å². The molecule has 0 aliphatic heterocycles. The van der Waals surface area contributed by atoms with E-state index in [-0.39, 0.29) is 11.4 Å². The van der Waals surface area contributed by atoms with Gasteiger partial charge in [0, 0.05) is 11.6 Å². The van der Waals surface area contributed by atoms with Crippen LogP contribution in [-0.2, 0) is 0 Å². The molecule has 0 saturated carbocycles. The molecule has 1 amide bonds. The molecule has 0 saturated heterocycles. The van der Waals surface area contributed by atoms with Crippen LogP contribution in [-0.4, -0.2) is 21.0 Å². The molecule has 0 radical (unpaired) electrons. The first-order valence-electron chi connectivity index (χ1n) is 7.22. The van der Waals surface area contributed by atoms with Crippen LogP contribution in [0.4, 0.5) is 11.4 Å². The van der Waals surface area contributed by atoms with Gasteiger partial charge >= 0.3 is 0 Å². The second-order valence-corrected chi connectivity index (χ2v) is 5.19. The number of carbonyl (C=O) groups excluding carboxylic acids is 1. The van der Waals surface area contributed by atoms with Crippen LogP contribution in [0.2, 0.25) is 0 Å². The lowest BCUT2D eigenvalue weighted by molar-refractivity contribution is -0.385. The van der Waals surface area contributed by atoms with Crippen molar-refractivity contribution in [1.29, 1.82) is 0 Å². The van der Waals surface area contributed by atoms with E-state index in [2.05, 4.69) is 15.5 Å². The number of hydrogen-bond donors (Lipinski definition) is 2. The predicted octanol–water partition coefficient (Wildman–Crippen LogP) is 3.55. The summed E-state index contributed by atoms with van der Waals surface area (Å²) in [7, 11) is 0. The number of anilines is 1. The maximum Gasteiger partial charge on any atom is 0.274 e. The number of hydrogen-bond acceptors (Lipinski definition) is 4. The van der Waals surface area contributed by atoms with Crippen molar-refractivity contribution in [2.45, 2.75) is 6.92 Å². The summed E-state index contributed by atoms with van der Waals surface area (Å²) in [5.41, 5.74) is 2.57. The maximum atomic E-state index is 12.3. The number of carbonyl (C=O) groups is 1. The molecule has 24 heavy (non-hydrogen) atoms. The Morgan fingerprint density at radius 2 is 1.92 bits per heavy atom. The summed E-state index contributed by atoms with van der Waals surface area (Å²) in [5.74, 6) is -0.409. The Morgan fingerprint density at radius 3 is 2.62 bits per heavy atom. The smallest absolute Gasteiger partial charge is 0.274 e. The molecule has 1 heterocycles. The van der Waals surface area contributed by atoms with E-state index in [1.807, 2.05) is 30.3 Å². The number of nitro groups is 1. The topological polar surface area (TPSA) is 101 Å². The quantitative estimate of drug-likeness (QED) is 0.566. The van der Waals surface area contributed by atoms with E-state index in [9.17, 15) is 14.9 Å². The minimum Gasteiger partial charge on any atom is -0.320 e. The summed E-state index contributed by atoms with van der Waals surface area (Å²) in [6, 6.07) is 15.6. The van der Waals surface area contributed by atoms with Crippen LogP contribution in [0.15, 0.2) is 54.6 Å². The molecule has 0 atom stereocenters. The average molecular weight is 322 g/mol. The molecule has 2 N–H and O–H groups in total. The zero-order valence-corrected chi connectivity index (χ0v) is 12.8. The van der Waals surface area contributed by atoms with E-state index in [0.29, 0.717) is 16.9 Å². The summed E-state index contributed by atoms with van der Waals surface area (Å²) >= 11 is 0. The van der Waals surface area contributed by atoms with Crippen molar-refractivity contribution < 1.29 is 9.72 Å². The minimum absolute atomic E-state index is 0.0395. The molecule has 0 bridgehead atoms. The molecule has 0 spiro atoms. The minimum atomic E-state index is -0.477. The van der Waals surface area contributed by atoms with E-state index in [4.69, 9.17) is 0 Å². The molecule has 1 aromatic heterocycles. The standard InChI is InChI=1S/C17H14N4O3/c1-11-13(8-5-9-16(11)21(23)24)18-17(22)15-10-14(19-20-15)12-6-3-2-4-7-12/h2-10H,1H3,(H,18,22)(H,19,20). The van der Waals surface area contributed by atoms with Crippen molar-refractivity contribution in [3.63, 3.8) is 0 Å². The lowest BCUT2D eigenvalue weighted by Gasteiger charge is -2.07. The van der Waals surface area contributed by atoms with Crippen LogP contribution in [0.3, 0.4) is 0 Å². The SMILES string of the molecule is Cc1c(NC(=O)c2cc(-c3ccccc3)n[nH]2)cccc1[N+](=O)[O-]. The van der Waals surface area contributed by atoms with Crippen molar-refractivity contribution in [1.82, 2.24) is 10.2 Å². The number of nitrogens with one attached hydrogen (secondary N) is 2. The zero-order valence-electron chi connectivity index (χ0n) is 12.8. The third kappa shape index (κ3) is 3.00. The van der Waals surface area contributed by atoms with Gasteiger partial charge in [0.25, 0.3) is 11.6 Å². The van der Waals surface area contributed by atoms with Crippen LogP contribution >= 0.6 is 0 Å². The van der Waals surface area contributed by atoms with Gasteiger partial charge in [-0.3, -0.25) is 20.0 Å². The first-order valence-corrected chi connectivity index (χ1v) is 7.22. The maximum absolute atomic E-state index is 12.3. The molecule has 0 fully saturated rings. The molecule has 0 aliphatic rings. The molecule has 3 rings (SSSR count). The van der Waals surface area contributed by atoms with Gasteiger partial charge in [-0.2, -0.15) is 5.10 Å². The molecule has 7 nitrogen and oxygen atoms in total. The second-order valence-electron chi connectivity index (χ2n) is 5.19. The van der Waals surface area contributed by atoms with Crippen LogP contribution in [0.1, 0.15) is 16.1 Å². The van der Waals surface area contributed by atoms with Gasteiger partial charge in [-0.1, -0.05) is 36.4 Å². The van der Waals surface area contributed by atoms with E-state index in [1.165, 1.54) is 12.1 Å². The van der Waals surface area contributed by atoms with Crippen LogP contribution < -0.4 is 5.32 Å². The lowest BCUT2D eigenvalue weighted by Crippen LogP contribution is -2.13. The molecular weight excluding hydrogens is 308 g/mol. The van der Waals surface area contributed by atoms with Gasteiger partial charge in [0.05, 0.1) is 21.9 Å². The van der Waals surface area contributed by atoms with E-state index in [0.717, 1.165) is 5.56 Å². The van der Waals surface area contributed by atoms with Crippen molar-refractivity contribution >= 4 is 17.3 Å². The number of amides is 1. The molecule has 0 unspecified atom stereocenters. The third-order valence-electron chi connectivity index (χ3n) is 3.64. The highest BCUT2D eigenvalue weighted by atomic mass is 16.6. The Balaban J connectivity index is 1.83. The summed E-state index contributed by atoms with van der Waals surface area (Å²) in [4.78, 5) is 22.8. The monoisotopic (exact) mass is 322 g/mol. The van der Waals surface area contributed by atoms with Gasteiger partial charge in [0.1, 0.15) is 5.69 Å². The van der Waals surface area contributed by atoms with Crippen LogP contribution in [0.25, 0.3) is 11.3 Å². The first kappa shape index (κ1) is 15.4. The highest BCUT2D eigenvalue weighted by Crippen LogP contribution is 2.25. The highest BCUT2D eigenvalue weighted by molar-refractivity contribution is 6.04. The zero-order chi connectivity index (χ0) is 17.1. The predicted molar refractivity (Wildman–Crippen MR) is 89.8 cm³/mol. The molecule has 2 aromatic carbocycles. The summed E-state index contributed by atoms with van der Waals surface area (Å²) < 4.78 is 0. The fraction of sp³-hybridized carbons (Fsp3) is 0.0588. The number of H-pyrrole nitrogens is 1.